The van der Waals surface area contributed by atoms with Gasteiger partial charge in [-0.05, 0) is 47.3 Å². The summed E-state index contributed by atoms with van der Waals surface area (Å²) in [6, 6.07) is 15.1. The standard InChI is InChI=1S/C16H15ClO2/c1-2-10-19-15-8-6-12(7-9-15)13-4-3-5-14(11-13)16(17)18/h3-9,11H,2,10H2,1H3. The van der Waals surface area contributed by atoms with Gasteiger partial charge in [0, 0.05) is 5.56 Å². The Hall–Kier alpha value is -1.80. The van der Waals surface area contributed by atoms with Crippen molar-refractivity contribution in [1.82, 2.24) is 0 Å². The van der Waals surface area contributed by atoms with Crippen molar-refractivity contribution in [2.75, 3.05) is 6.61 Å². The predicted molar refractivity (Wildman–Crippen MR) is 77.8 cm³/mol. The van der Waals surface area contributed by atoms with Crippen LogP contribution < -0.4 is 4.74 Å². The second-order valence-electron chi connectivity index (χ2n) is 4.23. The van der Waals surface area contributed by atoms with Crippen LogP contribution in [0.4, 0.5) is 0 Å². The molecule has 98 valence electrons. The maximum Gasteiger partial charge on any atom is 0.252 e. The van der Waals surface area contributed by atoms with Gasteiger partial charge in [0.25, 0.3) is 5.24 Å². The second kappa shape index (κ2) is 6.39. The van der Waals surface area contributed by atoms with E-state index in [9.17, 15) is 4.79 Å². The van der Waals surface area contributed by atoms with Gasteiger partial charge in [0.2, 0.25) is 0 Å². The summed E-state index contributed by atoms with van der Waals surface area (Å²) in [7, 11) is 0. The fourth-order valence-corrected chi connectivity index (χ4v) is 1.90. The van der Waals surface area contributed by atoms with Gasteiger partial charge in [-0.25, -0.2) is 0 Å². The zero-order valence-electron chi connectivity index (χ0n) is 10.7. The lowest BCUT2D eigenvalue weighted by Crippen LogP contribution is -1.94. The Bertz CT molecular complexity index is 561. The lowest BCUT2D eigenvalue weighted by Gasteiger charge is -2.06. The molecule has 0 aliphatic rings. The monoisotopic (exact) mass is 274 g/mol. The Morgan fingerprint density at radius 1 is 1.11 bits per heavy atom. The molecule has 0 aliphatic heterocycles. The molecule has 0 atom stereocenters. The molecule has 0 amide bonds. The lowest BCUT2D eigenvalue weighted by molar-refractivity contribution is 0.108. The summed E-state index contributed by atoms with van der Waals surface area (Å²) >= 11 is 5.49. The van der Waals surface area contributed by atoms with Gasteiger partial charge in [-0.3, -0.25) is 4.79 Å². The Morgan fingerprint density at radius 2 is 1.84 bits per heavy atom. The highest BCUT2D eigenvalue weighted by molar-refractivity contribution is 6.67. The molecule has 0 radical (unpaired) electrons. The molecule has 2 aromatic carbocycles. The van der Waals surface area contributed by atoms with Crippen LogP contribution in [0.25, 0.3) is 11.1 Å². The van der Waals surface area contributed by atoms with E-state index in [2.05, 4.69) is 6.92 Å². The quantitative estimate of drug-likeness (QED) is 0.749. The SMILES string of the molecule is CCCOc1ccc(-c2cccc(C(=O)Cl)c2)cc1. The Kier molecular flexibility index (Phi) is 4.58. The second-order valence-corrected chi connectivity index (χ2v) is 4.57. The van der Waals surface area contributed by atoms with Crippen LogP contribution in [0.3, 0.4) is 0 Å². The summed E-state index contributed by atoms with van der Waals surface area (Å²) < 4.78 is 5.53. The Labute approximate surface area is 118 Å². The molecule has 0 saturated carbocycles. The number of benzene rings is 2. The average molecular weight is 275 g/mol. The molecule has 3 heteroatoms. The zero-order chi connectivity index (χ0) is 13.7. The van der Waals surface area contributed by atoms with Gasteiger partial charge in [0.05, 0.1) is 6.61 Å². The number of hydrogen-bond acceptors (Lipinski definition) is 2. The third kappa shape index (κ3) is 3.58. The summed E-state index contributed by atoms with van der Waals surface area (Å²) in [5.41, 5.74) is 2.50. The van der Waals surface area contributed by atoms with Gasteiger partial charge < -0.3 is 4.74 Å². The Morgan fingerprint density at radius 3 is 2.47 bits per heavy atom. The van der Waals surface area contributed by atoms with Crippen LogP contribution in [0.1, 0.15) is 23.7 Å². The van der Waals surface area contributed by atoms with Crippen molar-refractivity contribution in [3.8, 4) is 16.9 Å². The minimum absolute atomic E-state index is 0.440. The number of carbonyl (C=O) groups excluding carboxylic acids is 1. The lowest BCUT2D eigenvalue weighted by atomic mass is 10.0. The number of carbonyl (C=O) groups is 1. The molecule has 0 fully saturated rings. The fraction of sp³-hybridized carbons (Fsp3) is 0.188. The van der Waals surface area contributed by atoms with Crippen molar-refractivity contribution >= 4 is 16.8 Å². The summed E-state index contributed by atoms with van der Waals surface area (Å²) in [5, 5.41) is -0.440. The number of ether oxygens (including phenoxy) is 1. The van der Waals surface area contributed by atoms with E-state index in [4.69, 9.17) is 16.3 Å². The first-order valence-corrected chi connectivity index (χ1v) is 6.61. The van der Waals surface area contributed by atoms with Gasteiger partial charge in [-0.1, -0.05) is 37.3 Å². The highest BCUT2D eigenvalue weighted by Gasteiger charge is 2.04. The van der Waals surface area contributed by atoms with Crippen LogP contribution in [0.2, 0.25) is 0 Å². The molecule has 0 heterocycles. The summed E-state index contributed by atoms with van der Waals surface area (Å²) in [6.07, 6.45) is 0.988. The first-order valence-electron chi connectivity index (χ1n) is 6.24. The molecule has 0 N–H and O–H groups in total. The van der Waals surface area contributed by atoms with Crippen LogP contribution in [0.15, 0.2) is 48.5 Å². The van der Waals surface area contributed by atoms with Crippen molar-refractivity contribution in [3.63, 3.8) is 0 Å². The molecular weight excluding hydrogens is 260 g/mol. The maximum atomic E-state index is 11.1. The molecule has 0 bridgehead atoms. The van der Waals surface area contributed by atoms with Gasteiger partial charge in [-0.2, -0.15) is 0 Å². The molecule has 0 spiro atoms. The van der Waals surface area contributed by atoms with Crippen LogP contribution >= 0.6 is 11.6 Å². The minimum atomic E-state index is -0.440. The normalized spacial score (nSPS) is 10.2. The van der Waals surface area contributed by atoms with E-state index in [0.717, 1.165) is 29.9 Å². The predicted octanol–water partition coefficient (Wildman–Crippen LogP) is 4.52. The zero-order valence-corrected chi connectivity index (χ0v) is 11.5. The summed E-state index contributed by atoms with van der Waals surface area (Å²) in [4.78, 5) is 11.1. The van der Waals surface area contributed by atoms with Gasteiger partial charge in [-0.15, -0.1) is 0 Å². The summed E-state index contributed by atoms with van der Waals surface area (Å²) in [6.45, 7) is 2.79. The minimum Gasteiger partial charge on any atom is -0.494 e. The van der Waals surface area contributed by atoms with E-state index in [1.807, 2.05) is 36.4 Å². The molecule has 0 unspecified atom stereocenters. The molecule has 2 nitrogen and oxygen atoms in total. The van der Waals surface area contributed by atoms with E-state index in [1.54, 1.807) is 12.1 Å². The Balaban J connectivity index is 2.22. The third-order valence-electron chi connectivity index (χ3n) is 2.75. The van der Waals surface area contributed by atoms with Crippen molar-refractivity contribution in [2.24, 2.45) is 0 Å². The molecule has 2 rings (SSSR count). The third-order valence-corrected chi connectivity index (χ3v) is 2.97. The van der Waals surface area contributed by atoms with Gasteiger partial charge in [0.15, 0.2) is 0 Å². The summed E-state index contributed by atoms with van der Waals surface area (Å²) in [5.74, 6) is 0.857. The van der Waals surface area contributed by atoms with Crippen molar-refractivity contribution in [2.45, 2.75) is 13.3 Å². The van der Waals surface area contributed by atoms with Crippen molar-refractivity contribution < 1.29 is 9.53 Å². The van der Waals surface area contributed by atoms with Gasteiger partial charge >= 0.3 is 0 Å². The number of hydrogen-bond donors (Lipinski definition) is 0. The van der Waals surface area contributed by atoms with Crippen LogP contribution in [0, 0.1) is 0 Å². The van der Waals surface area contributed by atoms with Crippen molar-refractivity contribution in [3.05, 3.63) is 54.1 Å². The van der Waals surface area contributed by atoms with E-state index < -0.39 is 5.24 Å². The highest BCUT2D eigenvalue weighted by atomic mass is 35.5. The van der Waals surface area contributed by atoms with Gasteiger partial charge in [0.1, 0.15) is 5.75 Å². The van der Waals surface area contributed by atoms with Crippen LogP contribution in [-0.2, 0) is 0 Å². The number of halogens is 1. The molecule has 0 saturated heterocycles. The number of rotatable bonds is 5. The van der Waals surface area contributed by atoms with E-state index >= 15 is 0 Å². The first kappa shape index (κ1) is 13.6. The maximum absolute atomic E-state index is 11.1. The van der Waals surface area contributed by atoms with Crippen LogP contribution in [-0.4, -0.2) is 11.8 Å². The van der Waals surface area contributed by atoms with E-state index in [1.165, 1.54) is 0 Å². The molecule has 19 heavy (non-hydrogen) atoms. The van der Waals surface area contributed by atoms with E-state index in [0.29, 0.717) is 5.56 Å². The fourth-order valence-electron chi connectivity index (χ4n) is 1.78. The van der Waals surface area contributed by atoms with E-state index in [-0.39, 0.29) is 0 Å². The van der Waals surface area contributed by atoms with Crippen LogP contribution in [0.5, 0.6) is 5.75 Å². The molecule has 2 aromatic rings. The molecular formula is C16H15ClO2. The van der Waals surface area contributed by atoms with Crippen molar-refractivity contribution in [1.29, 1.82) is 0 Å². The highest BCUT2D eigenvalue weighted by Crippen LogP contribution is 2.23. The topological polar surface area (TPSA) is 26.3 Å². The average Bonchev–Trinajstić information content (AvgIpc) is 2.46. The smallest absolute Gasteiger partial charge is 0.252 e. The molecule has 0 aliphatic carbocycles. The molecule has 0 aromatic heterocycles. The first-order chi connectivity index (χ1) is 9.20. The largest absolute Gasteiger partial charge is 0.494 e.